The first kappa shape index (κ1) is 31.8. The third-order valence-electron chi connectivity index (χ3n) is 8.09. The van der Waals surface area contributed by atoms with Gasteiger partial charge in [-0.25, -0.2) is 0 Å². The first-order valence-corrected chi connectivity index (χ1v) is 14.8. The van der Waals surface area contributed by atoms with E-state index in [4.69, 9.17) is 0 Å². The van der Waals surface area contributed by atoms with Crippen molar-refractivity contribution in [2.45, 2.75) is 104 Å². The molecule has 7 heteroatoms. The van der Waals surface area contributed by atoms with Crippen LogP contribution in [-0.4, -0.2) is 15.1 Å². The van der Waals surface area contributed by atoms with Crippen LogP contribution in [0, 0.1) is 10.1 Å². The molecular weight excluding hydrogens is 514 g/mol. The standard InChI is InChI=1S/C34H45N3O4/c1-7-9-13-19-33(3,4)24-17-18-31(38)26(21-24)27-22-25(34(5,6)20-14-10-8-2)23-29(32(27)39)36-35-28-15-11-12-16-30(28)37(40)41/h11-12,15-18,21-23,38-39H,7-10,13-14,19-20H2,1-6H3. The minimum atomic E-state index is -0.501. The molecule has 2 N–H and O–H groups in total. The van der Waals surface area contributed by atoms with E-state index in [1.165, 1.54) is 12.1 Å². The van der Waals surface area contributed by atoms with Crippen LogP contribution < -0.4 is 0 Å². The van der Waals surface area contributed by atoms with Crippen LogP contribution >= 0.6 is 0 Å². The molecule has 0 radical (unpaired) electrons. The van der Waals surface area contributed by atoms with Crippen LogP contribution in [0.2, 0.25) is 0 Å². The van der Waals surface area contributed by atoms with E-state index in [9.17, 15) is 20.3 Å². The van der Waals surface area contributed by atoms with Crippen LogP contribution in [0.5, 0.6) is 11.5 Å². The van der Waals surface area contributed by atoms with Crippen LogP contribution in [-0.2, 0) is 10.8 Å². The number of phenols is 2. The fraction of sp³-hybridized carbons (Fsp3) is 0.471. The minimum absolute atomic E-state index is 0.0657. The molecule has 7 nitrogen and oxygen atoms in total. The number of azo groups is 1. The molecule has 3 rings (SSSR count). The van der Waals surface area contributed by atoms with Crippen molar-refractivity contribution in [2.24, 2.45) is 10.2 Å². The van der Waals surface area contributed by atoms with Gasteiger partial charge in [-0.2, -0.15) is 0 Å². The highest BCUT2D eigenvalue weighted by Gasteiger charge is 2.27. The first-order valence-electron chi connectivity index (χ1n) is 14.8. The highest BCUT2D eigenvalue weighted by atomic mass is 16.6. The molecule has 0 spiro atoms. The number of rotatable bonds is 14. The van der Waals surface area contributed by atoms with Gasteiger partial charge in [0.15, 0.2) is 11.4 Å². The summed E-state index contributed by atoms with van der Waals surface area (Å²) >= 11 is 0. The predicted octanol–water partition coefficient (Wildman–Crippen LogP) is 10.8. The zero-order valence-corrected chi connectivity index (χ0v) is 25.4. The molecule has 41 heavy (non-hydrogen) atoms. The van der Waals surface area contributed by atoms with E-state index >= 15 is 0 Å². The van der Waals surface area contributed by atoms with Gasteiger partial charge >= 0.3 is 0 Å². The summed E-state index contributed by atoms with van der Waals surface area (Å²) in [6.07, 6.45) is 8.66. The average Bonchev–Trinajstić information content (AvgIpc) is 2.93. The van der Waals surface area contributed by atoms with Crippen LogP contribution in [0.1, 0.15) is 104 Å². The van der Waals surface area contributed by atoms with Gasteiger partial charge in [0, 0.05) is 17.2 Å². The van der Waals surface area contributed by atoms with Crippen molar-refractivity contribution in [3.63, 3.8) is 0 Å². The largest absolute Gasteiger partial charge is 0.507 e. The Labute approximate surface area is 244 Å². The first-order chi connectivity index (χ1) is 19.4. The molecular formula is C34H45N3O4. The second-order valence-corrected chi connectivity index (χ2v) is 12.3. The Morgan fingerprint density at radius 1 is 0.732 bits per heavy atom. The molecule has 0 aromatic heterocycles. The predicted molar refractivity (Wildman–Crippen MR) is 167 cm³/mol. The Morgan fingerprint density at radius 2 is 1.29 bits per heavy atom. The van der Waals surface area contributed by atoms with Crippen LogP contribution in [0.4, 0.5) is 17.1 Å². The molecule has 0 amide bonds. The minimum Gasteiger partial charge on any atom is -0.507 e. The molecule has 0 aliphatic heterocycles. The summed E-state index contributed by atoms with van der Waals surface area (Å²) in [5.41, 5.74) is 2.80. The number of aromatic hydroxyl groups is 2. The fourth-order valence-electron chi connectivity index (χ4n) is 5.20. The van der Waals surface area contributed by atoms with Gasteiger partial charge in [-0.1, -0.05) is 98.3 Å². The lowest BCUT2D eigenvalue weighted by Gasteiger charge is -2.28. The summed E-state index contributed by atoms with van der Waals surface area (Å²) in [7, 11) is 0. The molecule has 0 atom stereocenters. The fourth-order valence-corrected chi connectivity index (χ4v) is 5.20. The van der Waals surface area contributed by atoms with E-state index < -0.39 is 4.92 Å². The quantitative estimate of drug-likeness (QED) is 0.0886. The van der Waals surface area contributed by atoms with Crippen LogP contribution in [0.25, 0.3) is 11.1 Å². The Balaban J connectivity index is 2.18. The number of nitro groups is 1. The molecule has 0 fully saturated rings. The number of benzene rings is 3. The molecule has 0 saturated carbocycles. The van der Waals surface area contributed by atoms with Crippen molar-refractivity contribution >= 4 is 17.1 Å². The molecule has 0 saturated heterocycles. The van der Waals surface area contributed by atoms with Gasteiger partial charge in [-0.05, 0) is 65.1 Å². The van der Waals surface area contributed by atoms with Crippen molar-refractivity contribution < 1.29 is 15.1 Å². The molecule has 0 aliphatic rings. The SMILES string of the molecule is CCCCCC(C)(C)c1ccc(O)c(-c2cc(C(C)(C)CCCCC)cc(N=Nc3ccccc3[N+](=O)[O-])c2O)c1. The number of hydrogen-bond acceptors (Lipinski definition) is 6. The topological polar surface area (TPSA) is 108 Å². The highest BCUT2D eigenvalue weighted by molar-refractivity contribution is 5.81. The van der Waals surface area contributed by atoms with E-state index in [2.05, 4.69) is 51.8 Å². The van der Waals surface area contributed by atoms with E-state index in [-0.39, 0.29) is 39.4 Å². The monoisotopic (exact) mass is 559 g/mol. The van der Waals surface area contributed by atoms with Gasteiger partial charge in [-0.3, -0.25) is 10.1 Å². The molecule has 220 valence electrons. The van der Waals surface area contributed by atoms with E-state index in [1.807, 2.05) is 18.2 Å². The zero-order chi connectivity index (χ0) is 30.2. The molecule has 3 aromatic carbocycles. The van der Waals surface area contributed by atoms with Gasteiger partial charge in [0.05, 0.1) is 4.92 Å². The Kier molecular flexibility index (Phi) is 10.7. The second kappa shape index (κ2) is 13.7. The maximum Gasteiger partial charge on any atom is 0.296 e. The Bertz CT molecular complexity index is 1380. The maximum absolute atomic E-state index is 11.5. The van der Waals surface area contributed by atoms with Crippen LogP contribution in [0.15, 0.2) is 64.8 Å². The number of nitro benzene ring substituents is 1. The van der Waals surface area contributed by atoms with Crippen molar-refractivity contribution in [3.05, 3.63) is 75.8 Å². The number of para-hydroxylation sites is 1. The number of phenolic OH excluding ortho intramolecular Hbond substituents is 2. The lowest BCUT2D eigenvalue weighted by Crippen LogP contribution is -2.17. The molecule has 0 bridgehead atoms. The average molecular weight is 560 g/mol. The second-order valence-electron chi connectivity index (χ2n) is 12.3. The van der Waals surface area contributed by atoms with Gasteiger partial charge < -0.3 is 10.2 Å². The molecule has 0 aliphatic carbocycles. The Hall–Kier alpha value is -3.74. The lowest BCUT2D eigenvalue weighted by molar-refractivity contribution is -0.384. The molecule has 0 unspecified atom stereocenters. The summed E-state index contributed by atoms with van der Waals surface area (Å²) in [6, 6.07) is 15.5. The van der Waals surface area contributed by atoms with Crippen molar-refractivity contribution in [2.75, 3.05) is 0 Å². The smallest absolute Gasteiger partial charge is 0.296 e. The summed E-state index contributed by atoms with van der Waals surface area (Å²) in [6.45, 7) is 13.1. The van der Waals surface area contributed by atoms with Crippen molar-refractivity contribution in [1.82, 2.24) is 0 Å². The Morgan fingerprint density at radius 3 is 1.90 bits per heavy atom. The third-order valence-corrected chi connectivity index (χ3v) is 8.09. The molecule has 0 heterocycles. The van der Waals surface area contributed by atoms with E-state index in [0.29, 0.717) is 11.1 Å². The van der Waals surface area contributed by atoms with Crippen molar-refractivity contribution in [1.29, 1.82) is 0 Å². The molecule has 3 aromatic rings. The number of hydrogen-bond donors (Lipinski definition) is 2. The van der Waals surface area contributed by atoms with Gasteiger partial charge in [0.1, 0.15) is 11.4 Å². The summed E-state index contributed by atoms with van der Waals surface area (Å²) < 4.78 is 0. The number of nitrogens with zero attached hydrogens (tertiary/aromatic N) is 3. The third kappa shape index (κ3) is 7.93. The highest BCUT2D eigenvalue weighted by Crippen LogP contribution is 2.47. The maximum atomic E-state index is 11.5. The van der Waals surface area contributed by atoms with Gasteiger partial charge in [-0.15, -0.1) is 10.2 Å². The lowest BCUT2D eigenvalue weighted by atomic mass is 9.77. The summed E-state index contributed by atoms with van der Waals surface area (Å²) in [4.78, 5) is 11.0. The van der Waals surface area contributed by atoms with Crippen LogP contribution in [0.3, 0.4) is 0 Å². The number of unbranched alkanes of at least 4 members (excludes halogenated alkanes) is 4. The van der Waals surface area contributed by atoms with Crippen molar-refractivity contribution in [3.8, 4) is 22.6 Å². The van der Waals surface area contributed by atoms with E-state index in [1.54, 1.807) is 24.3 Å². The normalized spacial score (nSPS) is 12.2. The van der Waals surface area contributed by atoms with E-state index in [0.717, 1.165) is 62.5 Å². The zero-order valence-electron chi connectivity index (χ0n) is 25.4. The summed E-state index contributed by atoms with van der Waals surface area (Å²) in [5, 5.41) is 42.5. The van der Waals surface area contributed by atoms with Gasteiger partial charge in [0.25, 0.3) is 5.69 Å². The summed E-state index contributed by atoms with van der Waals surface area (Å²) in [5.74, 6) is -0.0624. The van der Waals surface area contributed by atoms with Gasteiger partial charge in [0.2, 0.25) is 0 Å².